The van der Waals surface area contributed by atoms with Crippen LogP contribution in [0.2, 0.25) is 0 Å². The average Bonchev–Trinajstić information content (AvgIpc) is 2.36. The van der Waals surface area contributed by atoms with Gasteiger partial charge in [-0.3, -0.25) is 4.79 Å². The number of rotatable bonds is 3. The summed E-state index contributed by atoms with van der Waals surface area (Å²) in [5, 5.41) is 3.09. The van der Waals surface area contributed by atoms with Crippen LogP contribution in [-0.2, 0) is 0 Å². The van der Waals surface area contributed by atoms with Crippen molar-refractivity contribution in [1.82, 2.24) is 4.98 Å². The second kappa shape index (κ2) is 4.75. The normalized spacial score (nSPS) is 10.1. The molecule has 92 valence electrons. The summed E-state index contributed by atoms with van der Waals surface area (Å²) in [4.78, 5) is 15.1. The number of primary amides is 1. The fourth-order valence-corrected chi connectivity index (χ4v) is 1.52. The number of nitrogens with two attached hydrogens (primary N) is 2. The lowest BCUT2D eigenvalue weighted by atomic mass is 10.2. The van der Waals surface area contributed by atoms with Gasteiger partial charge in [0.05, 0.1) is 5.69 Å². The van der Waals surface area contributed by atoms with Gasteiger partial charge in [-0.05, 0) is 42.8 Å². The summed E-state index contributed by atoms with van der Waals surface area (Å²) in [7, 11) is 0. The van der Waals surface area contributed by atoms with Crippen molar-refractivity contribution < 1.29 is 4.79 Å². The Morgan fingerprint density at radius 3 is 2.50 bits per heavy atom. The van der Waals surface area contributed by atoms with Crippen LogP contribution in [0.25, 0.3) is 0 Å². The summed E-state index contributed by atoms with van der Waals surface area (Å²) >= 11 is 0. The van der Waals surface area contributed by atoms with E-state index in [9.17, 15) is 4.79 Å². The van der Waals surface area contributed by atoms with Crippen molar-refractivity contribution in [2.24, 2.45) is 5.73 Å². The number of hydrogen-bond donors (Lipinski definition) is 3. The van der Waals surface area contributed by atoms with Gasteiger partial charge in [0.1, 0.15) is 0 Å². The van der Waals surface area contributed by atoms with Crippen molar-refractivity contribution in [3.05, 3.63) is 47.7 Å². The summed E-state index contributed by atoms with van der Waals surface area (Å²) in [5.41, 5.74) is 13.9. The molecular weight excluding hydrogens is 228 g/mol. The zero-order valence-corrected chi connectivity index (χ0v) is 9.97. The number of benzene rings is 1. The maximum absolute atomic E-state index is 10.9. The molecule has 0 bridgehead atoms. The molecule has 5 heteroatoms. The van der Waals surface area contributed by atoms with Gasteiger partial charge in [0.15, 0.2) is 5.82 Å². The van der Waals surface area contributed by atoms with Crippen LogP contribution < -0.4 is 16.8 Å². The van der Waals surface area contributed by atoms with Crippen LogP contribution >= 0.6 is 0 Å². The maximum Gasteiger partial charge on any atom is 0.248 e. The Kier molecular flexibility index (Phi) is 3.14. The molecule has 2 rings (SSSR count). The maximum atomic E-state index is 10.9. The third-order valence-electron chi connectivity index (χ3n) is 2.64. The standard InChI is InChI=1S/C13H14N4O/c1-8-6-7-16-13(11(8)14)17-10-4-2-9(3-5-10)12(15)18/h2-7H,14H2,1H3,(H2,15,18)(H,16,17). The second-order valence-electron chi connectivity index (χ2n) is 3.96. The Morgan fingerprint density at radius 1 is 1.22 bits per heavy atom. The number of aryl methyl sites for hydroxylation is 1. The van der Waals surface area contributed by atoms with Crippen molar-refractivity contribution in [2.75, 3.05) is 11.1 Å². The van der Waals surface area contributed by atoms with E-state index in [0.29, 0.717) is 17.1 Å². The molecule has 0 saturated heterocycles. The lowest BCUT2D eigenvalue weighted by Gasteiger charge is -2.10. The first-order chi connectivity index (χ1) is 8.58. The highest BCUT2D eigenvalue weighted by atomic mass is 16.1. The van der Waals surface area contributed by atoms with Crippen molar-refractivity contribution in [3.8, 4) is 0 Å². The molecule has 1 amide bonds. The minimum absolute atomic E-state index is 0.449. The summed E-state index contributed by atoms with van der Waals surface area (Å²) in [5.74, 6) is 0.150. The molecule has 0 aliphatic heterocycles. The van der Waals surface area contributed by atoms with Gasteiger partial charge in [0, 0.05) is 17.4 Å². The molecule has 1 aromatic heterocycles. The number of carbonyl (C=O) groups excluding carboxylic acids is 1. The molecule has 0 aliphatic rings. The summed E-state index contributed by atoms with van der Waals surface area (Å²) in [6, 6.07) is 8.65. The number of anilines is 3. The van der Waals surface area contributed by atoms with Crippen LogP contribution in [0.1, 0.15) is 15.9 Å². The lowest BCUT2D eigenvalue weighted by Crippen LogP contribution is -2.10. The third kappa shape index (κ3) is 2.40. The number of aromatic nitrogens is 1. The molecule has 0 radical (unpaired) electrons. The van der Waals surface area contributed by atoms with Crippen molar-refractivity contribution in [2.45, 2.75) is 6.92 Å². The van der Waals surface area contributed by atoms with Gasteiger partial charge in [0.25, 0.3) is 0 Å². The first kappa shape index (κ1) is 11.9. The highest BCUT2D eigenvalue weighted by Gasteiger charge is 2.04. The van der Waals surface area contributed by atoms with E-state index in [0.717, 1.165) is 11.3 Å². The Morgan fingerprint density at radius 2 is 1.89 bits per heavy atom. The van der Waals surface area contributed by atoms with E-state index in [1.54, 1.807) is 30.5 Å². The summed E-state index contributed by atoms with van der Waals surface area (Å²) in [6.45, 7) is 1.92. The van der Waals surface area contributed by atoms with Gasteiger partial charge in [-0.2, -0.15) is 0 Å². The number of carbonyl (C=O) groups is 1. The Hall–Kier alpha value is -2.56. The molecule has 2 aromatic rings. The van der Waals surface area contributed by atoms with Gasteiger partial charge in [-0.1, -0.05) is 0 Å². The van der Waals surface area contributed by atoms with Crippen LogP contribution in [-0.4, -0.2) is 10.9 Å². The highest BCUT2D eigenvalue weighted by molar-refractivity contribution is 5.93. The first-order valence-corrected chi connectivity index (χ1v) is 5.46. The quantitative estimate of drug-likeness (QED) is 0.765. The van der Waals surface area contributed by atoms with Gasteiger partial charge in [0.2, 0.25) is 5.91 Å². The average molecular weight is 242 g/mol. The third-order valence-corrected chi connectivity index (χ3v) is 2.64. The molecule has 5 N–H and O–H groups in total. The number of amides is 1. The monoisotopic (exact) mass is 242 g/mol. The molecule has 0 atom stereocenters. The van der Waals surface area contributed by atoms with E-state index >= 15 is 0 Å². The van der Waals surface area contributed by atoms with Crippen LogP contribution in [0, 0.1) is 6.92 Å². The minimum Gasteiger partial charge on any atom is -0.396 e. The second-order valence-corrected chi connectivity index (χ2v) is 3.96. The fraction of sp³-hybridized carbons (Fsp3) is 0.0769. The molecular formula is C13H14N4O. The lowest BCUT2D eigenvalue weighted by molar-refractivity contribution is 0.100. The molecule has 1 aromatic carbocycles. The Balaban J connectivity index is 2.24. The largest absolute Gasteiger partial charge is 0.396 e. The van der Waals surface area contributed by atoms with Crippen molar-refractivity contribution >= 4 is 23.1 Å². The molecule has 18 heavy (non-hydrogen) atoms. The molecule has 5 nitrogen and oxygen atoms in total. The van der Waals surface area contributed by atoms with Gasteiger partial charge in [-0.15, -0.1) is 0 Å². The topological polar surface area (TPSA) is 94.0 Å². The van der Waals surface area contributed by atoms with E-state index < -0.39 is 5.91 Å². The SMILES string of the molecule is Cc1ccnc(Nc2ccc(C(N)=O)cc2)c1N. The van der Waals surface area contributed by atoms with E-state index in [1.807, 2.05) is 13.0 Å². The molecule has 0 saturated carbocycles. The predicted molar refractivity (Wildman–Crippen MR) is 71.6 cm³/mol. The van der Waals surface area contributed by atoms with Gasteiger partial charge < -0.3 is 16.8 Å². The number of hydrogen-bond acceptors (Lipinski definition) is 4. The van der Waals surface area contributed by atoms with Crippen LogP contribution in [0.4, 0.5) is 17.2 Å². The van der Waals surface area contributed by atoms with Crippen LogP contribution in [0.15, 0.2) is 36.5 Å². The summed E-state index contributed by atoms with van der Waals surface area (Å²) in [6.07, 6.45) is 1.69. The molecule has 0 fully saturated rings. The Labute approximate surface area is 105 Å². The summed E-state index contributed by atoms with van der Waals surface area (Å²) < 4.78 is 0. The van der Waals surface area contributed by atoms with Crippen LogP contribution in [0.3, 0.4) is 0 Å². The van der Waals surface area contributed by atoms with Gasteiger partial charge in [-0.25, -0.2) is 4.98 Å². The minimum atomic E-state index is -0.449. The van der Waals surface area contributed by atoms with Gasteiger partial charge >= 0.3 is 0 Å². The smallest absolute Gasteiger partial charge is 0.248 e. The zero-order valence-electron chi connectivity index (χ0n) is 9.97. The van der Waals surface area contributed by atoms with Crippen LogP contribution in [0.5, 0.6) is 0 Å². The fourth-order valence-electron chi connectivity index (χ4n) is 1.52. The van der Waals surface area contributed by atoms with E-state index in [-0.39, 0.29) is 0 Å². The number of pyridine rings is 1. The van der Waals surface area contributed by atoms with Crippen molar-refractivity contribution in [1.29, 1.82) is 0 Å². The number of nitrogen functional groups attached to an aromatic ring is 1. The first-order valence-electron chi connectivity index (χ1n) is 5.46. The number of nitrogens with zero attached hydrogens (tertiary/aromatic N) is 1. The molecule has 0 aliphatic carbocycles. The van der Waals surface area contributed by atoms with E-state index in [2.05, 4.69) is 10.3 Å². The number of nitrogens with one attached hydrogen (secondary N) is 1. The zero-order chi connectivity index (χ0) is 13.1. The molecule has 1 heterocycles. The molecule has 0 unspecified atom stereocenters. The van der Waals surface area contributed by atoms with E-state index in [1.165, 1.54) is 0 Å². The Bertz CT molecular complexity index is 578. The predicted octanol–water partition coefficient (Wildman–Crippen LogP) is 1.81. The highest BCUT2D eigenvalue weighted by Crippen LogP contribution is 2.23. The van der Waals surface area contributed by atoms with Crippen molar-refractivity contribution in [3.63, 3.8) is 0 Å². The van der Waals surface area contributed by atoms with E-state index in [4.69, 9.17) is 11.5 Å². The molecule has 0 spiro atoms.